The first-order valence-corrected chi connectivity index (χ1v) is 8.01. The predicted octanol–water partition coefficient (Wildman–Crippen LogP) is 3.24. The van der Waals surface area contributed by atoms with Gasteiger partial charge in [0.2, 0.25) is 0 Å². The Labute approximate surface area is 140 Å². The second-order valence-corrected chi connectivity index (χ2v) is 5.88. The predicted molar refractivity (Wildman–Crippen MR) is 94.2 cm³/mol. The number of anilines is 1. The summed E-state index contributed by atoms with van der Waals surface area (Å²) in [6.45, 7) is 1.19. The molecule has 2 aromatic rings. The van der Waals surface area contributed by atoms with Gasteiger partial charge in [-0.3, -0.25) is 4.79 Å². The van der Waals surface area contributed by atoms with Crippen LogP contribution in [0.25, 0.3) is 0 Å². The lowest BCUT2D eigenvalue weighted by atomic mass is 10.0. The van der Waals surface area contributed by atoms with E-state index >= 15 is 0 Å². The standard InChI is InChI=1S/C18H18ClN3O/c19-16-9-3-1-7-15(16)12-20-21-18(23)13-22-11-5-8-14-6-2-4-10-17(14)22/h1-4,6-7,9-10,12H,5,8,11,13H2,(H,21,23)/b20-12+. The Morgan fingerprint density at radius 3 is 2.87 bits per heavy atom. The van der Waals surface area contributed by atoms with Gasteiger partial charge in [0.05, 0.1) is 12.8 Å². The molecule has 0 radical (unpaired) electrons. The number of para-hydroxylation sites is 1. The van der Waals surface area contributed by atoms with Gasteiger partial charge in [-0.25, -0.2) is 5.43 Å². The minimum atomic E-state index is -0.134. The van der Waals surface area contributed by atoms with Crippen LogP contribution in [-0.2, 0) is 11.2 Å². The topological polar surface area (TPSA) is 44.7 Å². The number of nitrogens with zero attached hydrogens (tertiary/aromatic N) is 2. The summed E-state index contributed by atoms with van der Waals surface area (Å²) >= 11 is 6.04. The zero-order valence-electron chi connectivity index (χ0n) is 12.7. The fraction of sp³-hybridized carbons (Fsp3) is 0.222. The van der Waals surface area contributed by atoms with E-state index in [4.69, 9.17) is 11.6 Å². The van der Waals surface area contributed by atoms with E-state index < -0.39 is 0 Å². The number of carbonyl (C=O) groups excluding carboxylic acids is 1. The number of nitrogens with one attached hydrogen (secondary N) is 1. The number of hydrazone groups is 1. The van der Waals surface area contributed by atoms with Crippen LogP contribution in [0, 0.1) is 0 Å². The monoisotopic (exact) mass is 327 g/mol. The van der Waals surface area contributed by atoms with Gasteiger partial charge in [0, 0.05) is 22.8 Å². The van der Waals surface area contributed by atoms with Crippen molar-refractivity contribution >= 4 is 29.4 Å². The molecule has 0 saturated carbocycles. The van der Waals surface area contributed by atoms with E-state index in [2.05, 4.69) is 27.6 Å². The number of rotatable bonds is 4. The van der Waals surface area contributed by atoms with Crippen molar-refractivity contribution in [3.05, 3.63) is 64.7 Å². The van der Waals surface area contributed by atoms with E-state index in [0.29, 0.717) is 11.6 Å². The Morgan fingerprint density at radius 2 is 2.00 bits per heavy atom. The number of amides is 1. The van der Waals surface area contributed by atoms with Crippen LogP contribution in [0.4, 0.5) is 5.69 Å². The first kappa shape index (κ1) is 15.6. The SMILES string of the molecule is O=C(CN1CCCc2ccccc21)N/N=C/c1ccccc1Cl. The Kier molecular flexibility index (Phi) is 4.93. The first-order valence-electron chi connectivity index (χ1n) is 7.63. The molecule has 5 heteroatoms. The molecule has 1 heterocycles. The summed E-state index contributed by atoms with van der Waals surface area (Å²) in [4.78, 5) is 14.2. The number of halogens is 1. The molecule has 1 amide bonds. The van der Waals surface area contributed by atoms with Gasteiger partial charge in [0.1, 0.15) is 0 Å². The Morgan fingerprint density at radius 1 is 1.22 bits per heavy atom. The third-order valence-corrected chi connectivity index (χ3v) is 4.18. The smallest absolute Gasteiger partial charge is 0.259 e. The molecule has 1 aliphatic heterocycles. The van der Waals surface area contributed by atoms with Crippen molar-refractivity contribution in [2.75, 3.05) is 18.0 Å². The lowest BCUT2D eigenvalue weighted by Gasteiger charge is -2.30. The average molecular weight is 328 g/mol. The summed E-state index contributed by atoms with van der Waals surface area (Å²) in [6.07, 6.45) is 3.69. The van der Waals surface area contributed by atoms with Gasteiger partial charge in [0.25, 0.3) is 5.91 Å². The Bertz CT molecular complexity index is 730. The van der Waals surface area contributed by atoms with Gasteiger partial charge in [-0.2, -0.15) is 5.10 Å². The van der Waals surface area contributed by atoms with E-state index in [1.165, 1.54) is 5.56 Å². The van der Waals surface area contributed by atoms with Gasteiger partial charge in [0.15, 0.2) is 0 Å². The second kappa shape index (κ2) is 7.29. The van der Waals surface area contributed by atoms with E-state index in [-0.39, 0.29) is 5.91 Å². The molecule has 0 unspecified atom stereocenters. The molecule has 118 valence electrons. The number of hydrogen-bond acceptors (Lipinski definition) is 3. The van der Waals surface area contributed by atoms with E-state index in [1.807, 2.05) is 30.3 Å². The summed E-state index contributed by atoms with van der Waals surface area (Å²) in [5.74, 6) is -0.134. The molecule has 0 atom stereocenters. The van der Waals surface area contributed by atoms with Gasteiger partial charge in [-0.15, -0.1) is 0 Å². The molecule has 23 heavy (non-hydrogen) atoms. The highest BCUT2D eigenvalue weighted by Gasteiger charge is 2.18. The molecule has 1 N–H and O–H groups in total. The molecule has 2 aromatic carbocycles. The molecular weight excluding hydrogens is 310 g/mol. The highest BCUT2D eigenvalue weighted by Crippen LogP contribution is 2.26. The quantitative estimate of drug-likeness (QED) is 0.692. The van der Waals surface area contributed by atoms with Crippen LogP contribution in [0.3, 0.4) is 0 Å². The highest BCUT2D eigenvalue weighted by molar-refractivity contribution is 6.33. The van der Waals surface area contributed by atoms with Crippen molar-refractivity contribution in [2.45, 2.75) is 12.8 Å². The van der Waals surface area contributed by atoms with Gasteiger partial charge < -0.3 is 4.90 Å². The molecular formula is C18H18ClN3O. The fourth-order valence-electron chi connectivity index (χ4n) is 2.74. The zero-order valence-corrected chi connectivity index (χ0v) is 13.5. The maximum atomic E-state index is 12.1. The van der Waals surface area contributed by atoms with Gasteiger partial charge in [-0.05, 0) is 30.5 Å². The van der Waals surface area contributed by atoms with Gasteiger partial charge in [-0.1, -0.05) is 48.0 Å². The van der Waals surface area contributed by atoms with Crippen LogP contribution >= 0.6 is 11.6 Å². The molecule has 3 rings (SSSR count). The van der Waals surface area contributed by atoms with Crippen molar-refractivity contribution in [3.63, 3.8) is 0 Å². The van der Waals surface area contributed by atoms with Crippen molar-refractivity contribution in [2.24, 2.45) is 5.10 Å². The fourth-order valence-corrected chi connectivity index (χ4v) is 2.92. The molecule has 0 spiro atoms. The number of benzene rings is 2. The lowest BCUT2D eigenvalue weighted by molar-refractivity contribution is -0.119. The van der Waals surface area contributed by atoms with Crippen molar-refractivity contribution in [3.8, 4) is 0 Å². The lowest BCUT2D eigenvalue weighted by Crippen LogP contribution is -2.38. The van der Waals surface area contributed by atoms with Gasteiger partial charge >= 0.3 is 0 Å². The molecule has 1 aliphatic rings. The number of aryl methyl sites for hydroxylation is 1. The summed E-state index contributed by atoms with van der Waals surface area (Å²) in [6, 6.07) is 15.6. The minimum absolute atomic E-state index is 0.134. The van der Waals surface area contributed by atoms with E-state index in [1.54, 1.807) is 12.3 Å². The third kappa shape index (κ3) is 3.90. The van der Waals surface area contributed by atoms with Crippen molar-refractivity contribution < 1.29 is 4.79 Å². The van der Waals surface area contributed by atoms with Crippen LogP contribution < -0.4 is 10.3 Å². The number of carbonyl (C=O) groups is 1. The van der Waals surface area contributed by atoms with Crippen LogP contribution in [0.2, 0.25) is 5.02 Å². The van der Waals surface area contributed by atoms with Crippen LogP contribution in [0.15, 0.2) is 53.6 Å². The maximum Gasteiger partial charge on any atom is 0.259 e. The highest BCUT2D eigenvalue weighted by atomic mass is 35.5. The molecule has 4 nitrogen and oxygen atoms in total. The summed E-state index contributed by atoms with van der Waals surface area (Å²) in [7, 11) is 0. The van der Waals surface area contributed by atoms with Crippen LogP contribution in [0.1, 0.15) is 17.5 Å². The Hall–Kier alpha value is -2.33. The van der Waals surface area contributed by atoms with Crippen LogP contribution in [0.5, 0.6) is 0 Å². The Balaban J connectivity index is 1.59. The minimum Gasteiger partial charge on any atom is -0.362 e. The second-order valence-electron chi connectivity index (χ2n) is 5.47. The van der Waals surface area contributed by atoms with E-state index in [0.717, 1.165) is 30.6 Å². The molecule has 0 fully saturated rings. The third-order valence-electron chi connectivity index (χ3n) is 3.84. The zero-order chi connectivity index (χ0) is 16.1. The number of fused-ring (bicyclic) bond motifs is 1. The largest absolute Gasteiger partial charge is 0.362 e. The normalized spacial score (nSPS) is 13.9. The summed E-state index contributed by atoms with van der Waals surface area (Å²) in [5.41, 5.74) is 5.78. The van der Waals surface area contributed by atoms with Crippen molar-refractivity contribution in [1.29, 1.82) is 0 Å². The molecule has 0 saturated heterocycles. The first-order chi connectivity index (χ1) is 11.2. The van der Waals surface area contributed by atoms with E-state index in [9.17, 15) is 4.79 Å². The summed E-state index contributed by atoms with van der Waals surface area (Å²) in [5, 5.41) is 4.60. The number of hydrogen-bond donors (Lipinski definition) is 1. The molecule has 0 bridgehead atoms. The molecule has 0 aliphatic carbocycles. The van der Waals surface area contributed by atoms with Crippen molar-refractivity contribution in [1.82, 2.24) is 5.43 Å². The van der Waals surface area contributed by atoms with Crippen LogP contribution in [-0.4, -0.2) is 25.2 Å². The average Bonchev–Trinajstić information content (AvgIpc) is 2.57. The maximum absolute atomic E-state index is 12.1. The summed E-state index contributed by atoms with van der Waals surface area (Å²) < 4.78 is 0. The molecule has 0 aromatic heterocycles.